The van der Waals surface area contributed by atoms with Crippen LogP contribution in [0.3, 0.4) is 0 Å². The summed E-state index contributed by atoms with van der Waals surface area (Å²) in [6.07, 6.45) is 7.95. The van der Waals surface area contributed by atoms with Gasteiger partial charge in [-0.15, -0.1) is 0 Å². The smallest absolute Gasteiger partial charge is 0.250 e. The van der Waals surface area contributed by atoms with Gasteiger partial charge in [0.1, 0.15) is 0 Å². The summed E-state index contributed by atoms with van der Waals surface area (Å²) in [7, 11) is 0. The van der Waals surface area contributed by atoms with Crippen LogP contribution in [0.5, 0.6) is 0 Å². The van der Waals surface area contributed by atoms with E-state index in [1.807, 2.05) is 55.5 Å². The summed E-state index contributed by atoms with van der Waals surface area (Å²) in [5, 5.41) is 6.16. The van der Waals surface area contributed by atoms with Gasteiger partial charge in [0.2, 0.25) is 0 Å². The van der Waals surface area contributed by atoms with E-state index in [2.05, 4.69) is 17.8 Å². The van der Waals surface area contributed by atoms with Crippen molar-refractivity contribution >= 4 is 11.6 Å². The summed E-state index contributed by atoms with van der Waals surface area (Å²) in [5.74, 6) is -0.100. The van der Waals surface area contributed by atoms with Crippen molar-refractivity contribution in [1.29, 1.82) is 0 Å². The Bertz CT molecular complexity index is 655. The van der Waals surface area contributed by atoms with E-state index < -0.39 is 0 Å². The van der Waals surface area contributed by atoms with Crippen LogP contribution in [0.25, 0.3) is 0 Å². The Kier molecular flexibility index (Phi) is 3.57. The fourth-order valence-corrected chi connectivity index (χ4v) is 2.75. The number of allylic oxidation sites excluding steroid dienone is 3. The zero-order valence-electron chi connectivity index (χ0n) is 12.1. The number of carbonyl (C=O) groups is 1. The summed E-state index contributed by atoms with van der Waals surface area (Å²) in [4.78, 5) is 12.6. The molecule has 1 aliphatic heterocycles. The number of rotatable bonds is 3. The Morgan fingerprint density at radius 3 is 2.52 bits per heavy atom. The van der Waals surface area contributed by atoms with Crippen molar-refractivity contribution in [3.63, 3.8) is 0 Å². The molecule has 1 amide bonds. The van der Waals surface area contributed by atoms with Crippen LogP contribution in [-0.4, -0.2) is 23.2 Å². The molecule has 0 bridgehead atoms. The maximum atomic E-state index is 12.6. The third-order valence-corrected chi connectivity index (χ3v) is 3.71. The Morgan fingerprint density at radius 1 is 1.19 bits per heavy atom. The molecule has 1 aromatic carbocycles. The lowest BCUT2D eigenvalue weighted by atomic mass is 9.80. The van der Waals surface area contributed by atoms with Crippen molar-refractivity contribution in [3.05, 3.63) is 72.4 Å². The second-order valence-corrected chi connectivity index (χ2v) is 5.53. The first-order valence-corrected chi connectivity index (χ1v) is 7.11. The number of carbonyl (C=O) groups excluding carboxylic acids is 1. The molecule has 21 heavy (non-hydrogen) atoms. The van der Waals surface area contributed by atoms with Crippen molar-refractivity contribution in [3.8, 4) is 0 Å². The van der Waals surface area contributed by atoms with Crippen molar-refractivity contribution < 1.29 is 4.79 Å². The van der Waals surface area contributed by atoms with Crippen LogP contribution in [0.1, 0.15) is 12.5 Å². The van der Waals surface area contributed by atoms with E-state index in [-0.39, 0.29) is 17.7 Å². The Balaban J connectivity index is 2.05. The quantitative estimate of drug-likeness (QED) is 0.782. The maximum Gasteiger partial charge on any atom is 0.250 e. The summed E-state index contributed by atoms with van der Waals surface area (Å²) >= 11 is 0. The molecular formula is C18H18N2O. The topological polar surface area (TPSA) is 32.7 Å². The molecule has 0 saturated carbocycles. The van der Waals surface area contributed by atoms with Crippen LogP contribution >= 0.6 is 0 Å². The maximum absolute atomic E-state index is 12.6. The van der Waals surface area contributed by atoms with Gasteiger partial charge in [0.05, 0.1) is 18.2 Å². The van der Waals surface area contributed by atoms with Crippen LogP contribution in [-0.2, 0) is 4.79 Å². The molecule has 0 saturated heterocycles. The lowest BCUT2D eigenvalue weighted by Gasteiger charge is -2.34. The Labute approximate surface area is 125 Å². The number of hydrogen-bond acceptors (Lipinski definition) is 2. The van der Waals surface area contributed by atoms with Crippen molar-refractivity contribution in [2.75, 3.05) is 6.54 Å². The van der Waals surface area contributed by atoms with Crippen LogP contribution in [0.2, 0.25) is 0 Å². The highest BCUT2D eigenvalue weighted by molar-refractivity contribution is 6.08. The second-order valence-electron chi connectivity index (χ2n) is 5.53. The minimum atomic E-state index is -0.165. The molecule has 3 heteroatoms. The largest absolute Gasteiger partial charge is 0.272 e. The standard InChI is InChI=1S/C18H18N2O/c1-13(2)12-20-18(21)16-11-7-6-10-15(16)17(19-20)14-8-4-3-5-9-14/h3-11,15-16H,1,12H2,2H3/t15-,16-/m0/s1. The number of hydrazone groups is 1. The number of hydrogen-bond donors (Lipinski definition) is 0. The fourth-order valence-electron chi connectivity index (χ4n) is 2.75. The van der Waals surface area contributed by atoms with E-state index in [1.54, 1.807) is 5.01 Å². The van der Waals surface area contributed by atoms with Gasteiger partial charge >= 0.3 is 0 Å². The third-order valence-electron chi connectivity index (χ3n) is 3.71. The molecule has 3 rings (SSSR count). The van der Waals surface area contributed by atoms with Gasteiger partial charge in [0.25, 0.3) is 5.91 Å². The van der Waals surface area contributed by atoms with Crippen LogP contribution in [0.15, 0.2) is 71.9 Å². The molecule has 0 N–H and O–H groups in total. The molecule has 1 aliphatic carbocycles. The van der Waals surface area contributed by atoms with Gasteiger partial charge in [0, 0.05) is 5.92 Å². The molecule has 0 unspecified atom stereocenters. The van der Waals surface area contributed by atoms with E-state index in [1.165, 1.54) is 0 Å². The highest BCUT2D eigenvalue weighted by atomic mass is 16.2. The monoisotopic (exact) mass is 278 g/mol. The van der Waals surface area contributed by atoms with Gasteiger partial charge in [-0.3, -0.25) is 4.79 Å². The van der Waals surface area contributed by atoms with E-state index in [4.69, 9.17) is 0 Å². The summed E-state index contributed by atoms with van der Waals surface area (Å²) < 4.78 is 0. The summed E-state index contributed by atoms with van der Waals surface area (Å²) in [6, 6.07) is 10.1. The van der Waals surface area contributed by atoms with E-state index in [0.717, 1.165) is 16.8 Å². The van der Waals surface area contributed by atoms with Gasteiger partial charge < -0.3 is 0 Å². The van der Waals surface area contributed by atoms with Gasteiger partial charge in [-0.25, -0.2) is 5.01 Å². The molecule has 1 aromatic rings. The van der Waals surface area contributed by atoms with Crippen molar-refractivity contribution in [2.24, 2.45) is 16.9 Å². The summed E-state index contributed by atoms with van der Waals surface area (Å²) in [5.41, 5.74) is 2.93. The number of amides is 1. The molecule has 0 spiro atoms. The Morgan fingerprint density at radius 2 is 1.86 bits per heavy atom. The predicted molar refractivity (Wildman–Crippen MR) is 84.8 cm³/mol. The number of nitrogens with zero attached hydrogens (tertiary/aromatic N) is 2. The van der Waals surface area contributed by atoms with E-state index in [9.17, 15) is 4.79 Å². The molecule has 3 nitrogen and oxygen atoms in total. The minimum absolute atomic E-state index is 0.0197. The van der Waals surface area contributed by atoms with Gasteiger partial charge in [-0.1, -0.05) is 66.8 Å². The predicted octanol–water partition coefficient (Wildman–Crippen LogP) is 3.17. The molecule has 1 heterocycles. The SMILES string of the molecule is C=C(C)CN1N=C(c2ccccc2)[C@H]2C=CC=C[C@@H]2C1=O. The van der Waals surface area contributed by atoms with Gasteiger partial charge in [-0.05, 0) is 12.5 Å². The fraction of sp³-hybridized carbons (Fsp3) is 0.222. The lowest BCUT2D eigenvalue weighted by molar-refractivity contribution is -0.135. The molecule has 106 valence electrons. The van der Waals surface area contributed by atoms with Crippen molar-refractivity contribution in [1.82, 2.24) is 5.01 Å². The summed E-state index contributed by atoms with van der Waals surface area (Å²) in [6.45, 7) is 6.27. The third kappa shape index (κ3) is 2.59. The minimum Gasteiger partial charge on any atom is -0.272 e. The van der Waals surface area contributed by atoms with Gasteiger partial charge in [-0.2, -0.15) is 5.10 Å². The molecule has 0 radical (unpaired) electrons. The molecule has 2 aliphatic rings. The molecule has 2 atom stereocenters. The highest BCUT2D eigenvalue weighted by Gasteiger charge is 2.37. The van der Waals surface area contributed by atoms with Crippen LogP contribution < -0.4 is 0 Å². The van der Waals surface area contributed by atoms with E-state index >= 15 is 0 Å². The molecule has 0 aromatic heterocycles. The number of fused-ring (bicyclic) bond motifs is 1. The van der Waals surface area contributed by atoms with Crippen LogP contribution in [0, 0.1) is 11.8 Å². The number of benzene rings is 1. The van der Waals surface area contributed by atoms with E-state index in [0.29, 0.717) is 6.54 Å². The van der Waals surface area contributed by atoms with Gasteiger partial charge in [0.15, 0.2) is 0 Å². The second kappa shape index (κ2) is 5.52. The van der Waals surface area contributed by atoms with Crippen LogP contribution in [0.4, 0.5) is 0 Å². The first-order valence-electron chi connectivity index (χ1n) is 7.11. The average Bonchev–Trinajstić information content (AvgIpc) is 2.51. The molecular weight excluding hydrogens is 260 g/mol. The van der Waals surface area contributed by atoms with Crippen molar-refractivity contribution in [2.45, 2.75) is 6.92 Å². The normalized spacial score (nSPS) is 23.8. The highest BCUT2D eigenvalue weighted by Crippen LogP contribution is 2.31. The Hall–Kier alpha value is -2.42. The zero-order valence-corrected chi connectivity index (χ0v) is 12.1. The molecule has 0 fully saturated rings. The average molecular weight is 278 g/mol. The lowest BCUT2D eigenvalue weighted by Crippen LogP contribution is -2.44. The zero-order chi connectivity index (χ0) is 14.8. The first-order chi connectivity index (χ1) is 10.2. The first kappa shape index (κ1) is 13.6.